The summed E-state index contributed by atoms with van der Waals surface area (Å²) in [5.41, 5.74) is 11.2. The number of hydrogen-bond acceptors (Lipinski definition) is 7. The molecular weight excluding hydrogens is 521 g/mol. The molecule has 4 aromatic heterocycles. The van der Waals surface area contributed by atoms with Crippen molar-refractivity contribution in [2.24, 2.45) is 5.92 Å². The van der Waals surface area contributed by atoms with E-state index in [0.29, 0.717) is 39.5 Å². The van der Waals surface area contributed by atoms with Crippen LogP contribution >= 0.6 is 0 Å². The number of nitrogen functional groups attached to an aromatic ring is 1. The molecule has 9 nitrogen and oxygen atoms in total. The monoisotopic (exact) mass is 549 g/mol. The lowest BCUT2D eigenvalue weighted by Crippen LogP contribution is -2.20. The highest BCUT2D eigenvalue weighted by atomic mass is 19.1. The molecular formula is C31H28FN7O2. The number of halogens is 1. The van der Waals surface area contributed by atoms with Gasteiger partial charge in [-0.3, -0.25) is 20.2 Å². The van der Waals surface area contributed by atoms with Crippen LogP contribution < -0.4 is 15.8 Å². The second kappa shape index (κ2) is 10.8. The summed E-state index contributed by atoms with van der Waals surface area (Å²) in [7, 11) is 1.48. The van der Waals surface area contributed by atoms with E-state index >= 15 is 0 Å². The average Bonchev–Trinajstić information content (AvgIpc) is 3.68. The van der Waals surface area contributed by atoms with Gasteiger partial charge in [-0.25, -0.2) is 9.37 Å². The van der Waals surface area contributed by atoms with Gasteiger partial charge in [0.1, 0.15) is 17.4 Å². The number of aromatic nitrogens is 4. The van der Waals surface area contributed by atoms with Gasteiger partial charge in [0, 0.05) is 63.7 Å². The van der Waals surface area contributed by atoms with E-state index in [2.05, 4.69) is 25.3 Å². The molecule has 0 aliphatic heterocycles. The first kappa shape index (κ1) is 26.1. The number of nitrogens with zero attached hydrogens (tertiary/aromatic N) is 3. The van der Waals surface area contributed by atoms with Crippen LogP contribution in [0, 0.1) is 17.1 Å². The standard InChI is InChI=1S/C31H28FN7O2/c1-41-23-10-18(8-21(32)12-23)29-24-13-27(39-26(24)6-7-36-29)28(33)25-11-20(15-37-30(25)34)19-9-22(16-35-14-19)38-31(40)17-4-2-3-5-17/h6-17,33,39H,2-5H2,1H3,(H2,34,37)(H,38,40). The van der Waals surface area contributed by atoms with Crippen LogP contribution in [0.5, 0.6) is 5.75 Å². The predicted octanol–water partition coefficient (Wildman–Crippen LogP) is 5.96. The van der Waals surface area contributed by atoms with Crippen molar-refractivity contribution in [1.29, 1.82) is 5.41 Å². The van der Waals surface area contributed by atoms with Crippen LogP contribution in [0.2, 0.25) is 0 Å². The first-order chi connectivity index (χ1) is 19.9. The molecule has 0 spiro atoms. The Bertz CT molecular complexity index is 1790. The third-order valence-corrected chi connectivity index (χ3v) is 7.45. The van der Waals surface area contributed by atoms with Gasteiger partial charge in [0.05, 0.1) is 36.1 Å². The first-order valence-corrected chi connectivity index (χ1v) is 13.3. The smallest absolute Gasteiger partial charge is 0.227 e. The van der Waals surface area contributed by atoms with E-state index in [4.69, 9.17) is 15.9 Å². The molecule has 0 atom stereocenters. The molecule has 6 rings (SSSR count). The van der Waals surface area contributed by atoms with E-state index in [1.807, 2.05) is 6.07 Å². The lowest BCUT2D eigenvalue weighted by Gasteiger charge is -2.12. The van der Waals surface area contributed by atoms with Gasteiger partial charge in [-0.2, -0.15) is 0 Å². The predicted molar refractivity (Wildman–Crippen MR) is 156 cm³/mol. The Morgan fingerprint density at radius 3 is 2.66 bits per heavy atom. The zero-order valence-corrected chi connectivity index (χ0v) is 22.4. The number of fused-ring (bicyclic) bond motifs is 1. The minimum atomic E-state index is -0.436. The number of amides is 1. The molecule has 0 saturated heterocycles. The second-order valence-electron chi connectivity index (χ2n) is 10.1. The van der Waals surface area contributed by atoms with Gasteiger partial charge < -0.3 is 20.8 Å². The Morgan fingerprint density at radius 2 is 1.85 bits per heavy atom. The summed E-state index contributed by atoms with van der Waals surface area (Å²) < 4.78 is 19.5. The lowest BCUT2D eigenvalue weighted by molar-refractivity contribution is -0.119. The summed E-state index contributed by atoms with van der Waals surface area (Å²) in [6, 6.07) is 11.6. The Balaban J connectivity index is 1.32. The summed E-state index contributed by atoms with van der Waals surface area (Å²) in [5, 5.41) is 12.7. The van der Waals surface area contributed by atoms with Crippen molar-refractivity contribution in [2.45, 2.75) is 25.7 Å². The van der Waals surface area contributed by atoms with Crippen LogP contribution in [0.3, 0.4) is 0 Å². The summed E-state index contributed by atoms with van der Waals surface area (Å²) >= 11 is 0. The highest BCUT2D eigenvalue weighted by molar-refractivity contribution is 6.15. The molecule has 206 valence electrons. The number of methoxy groups -OCH3 is 1. The summed E-state index contributed by atoms with van der Waals surface area (Å²) in [6.45, 7) is 0. The molecule has 5 aromatic rings. The number of ether oxygens (including phenoxy) is 1. The summed E-state index contributed by atoms with van der Waals surface area (Å²) in [4.78, 5) is 29.0. The topological polar surface area (TPSA) is 143 Å². The molecule has 41 heavy (non-hydrogen) atoms. The SMILES string of the molecule is COc1cc(F)cc(-c2nccc3[nH]c(C(=N)c4cc(-c5cncc(NC(=O)C6CCCC6)c5)cnc4N)cc23)c1. The fraction of sp³-hybridized carbons (Fsp3) is 0.194. The van der Waals surface area contributed by atoms with Gasteiger partial charge in [-0.15, -0.1) is 0 Å². The average molecular weight is 550 g/mol. The van der Waals surface area contributed by atoms with Crippen LogP contribution in [0.15, 0.2) is 67.3 Å². The minimum absolute atomic E-state index is 0.0173. The second-order valence-corrected chi connectivity index (χ2v) is 10.1. The number of aromatic amines is 1. The minimum Gasteiger partial charge on any atom is -0.497 e. The number of pyridine rings is 3. The Hall–Kier alpha value is -5.12. The van der Waals surface area contributed by atoms with Crippen LogP contribution in [0.1, 0.15) is 36.9 Å². The van der Waals surface area contributed by atoms with Crippen molar-refractivity contribution in [2.75, 3.05) is 18.2 Å². The zero-order valence-electron chi connectivity index (χ0n) is 22.4. The number of nitrogens with one attached hydrogen (secondary N) is 3. The molecule has 1 saturated carbocycles. The van der Waals surface area contributed by atoms with Crippen LogP contribution in [0.25, 0.3) is 33.3 Å². The molecule has 4 heterocycles. The molecule has 1 fully saturated rings. The van der Waals surface area contributed by atoms with E-state index in [-0.39, 0.29) is 23.4 Å². The van der Waals surface area contributed by atoms with Crippen molar-refractivity contribution in [3.8, 4) is 28.1 Å². The Morgan fingerprint density at radius 1 is 1.05 bits per heavy atom. The molecule has 1 aromatic carbocycles. The van der Waals surface area contributed by atoms with E-state index in [9.17, 15) is 9.18 Å². The first-order valence-electron chi connectivity index (χ1n) is 13.3. The van der Waals surface area contributed by atoms with Crippen molar-refractivity contribution in [1.82, 2.24) is 19.9 Å². The quantitative estimate of drug-likeness (QED) is 0.185. The van der Waals surface area contributed by atoms with Crippen LogP contribution in [-0.4, -0.2) is 38.7 Å². The van der Waals surface area contributed by atoms with Gasteiger partial charge in [0.2, 0.25) is 5.91 Å². The highest BCUT2D eigenvalue weighted by Gasteiger charge is 2.23. The fourth-order valence-corrected chi connectivity index (χ4v) is 5.31. The largest absolute Gasteiger partial charge is 0.497 e. The fourth-order valence-electron chi connectivity index (χ4n) is 5.31. The number of carbonyl (C=O) groups is 1. The maximum atomic E-state index is 14.2. The normalized spacial score (nSPS) is 13.4. The van der Waals surface area contributed by atoms with Gasteiger partial charge >= 0.3 is 0 Å². The molecule has 0 radical (unpaired) electrons. The number of rotatable bonds is 7. The van der Waals surface area contributed by atoms with Gasteiger partial charge in [0.25, 0.3) is 0 Å². The number of H-pyrrole nitrogens is 1. The maximum Gasteiger partial charge on any atom is 0.227 e. The van der Waals surface area contributed by atoms with Gasteiger partial charge in [-0.1, -0.05) is 12.8 Å². The Kier molecular flexibility index (Phi) is 6.88. The van der Waals surface area contributed by atoms with Crippen molar-refractivity contribution in [3.63, 3.8) is 0 Å². The van der Waals surface area contributed by atoms with E-state index in [0.717, 1.165) is 42.1 Å². The third kappa shape index (κ3) is 5.23. The molecule has 10 heteroatoms. The molecule has 1 aliphatic rings. The van der Waals surface area contributed by atoms with Crippen LogP contribution in [0.4, 0.5) is 15.9 Å². The van der Waals surface area contributed by atoms with Crippen LogP contribution in [-0.2, 0) is 4.79 Å². The van der Waals surface area contributed by atoms with E-state index < -0.39 is 5.82 Å². The number of hydrogen-bond donors (Lipinski definition) is 4. The number of nitrogens with two attached hydrogens (primary N) is 1. The van der Waals surface area contributed by atoms with Gasteiger partial charge in [0.15, 0.2) is 0 Å². The molecule has 0 bridgehead atoms. The van der Waals surface area contributed by atoms with E-state index in [1.165, 1.54) is 19.2 Å². The summed E-state index contributed by atoms with van der Waals surface area (Å²) in [6.07, 6.45) is 10.5. The van der Waals surface area contributed by atoms with Crippen molar-refractivity contribution in [3.05, 3.63) is 84.3 Å². The van der Waals surface area contributed by atoms with E-state index in [1.54, 1.807) is 49.1 Å². The maximum absolute atomic E-state index is 14.2. The zero-order chi connectivity index (χ0) is 28.5. The Labute approximate surface area is 235 Å². The molecule has 1 amide bonds. The lowest BCUT2D eigenvalue weighted by atomic mass is 10.0. The highest BCUT2D eigenvalue weighted by Crippen LogP contribution is 2.32. The number of carbonyl (C=O) groups excluding carboxylic acids is 1. The summed E-state index contributed by atoms with van der Waals surface area (Å²) in [5.74, 6) is 0.204. The number of benzene rings is 1. The van der Waals surface area contributed by atoms with Crippen molar-refractivity contribution >= 4 is 34.0 Å². The van der Waals surface area contributed by atoms with Crippen molar-refractivity contribution < 1.29 is 13.9 Å². The van der Waals surface area contributed by atoms with Gasteiger partial charge in [-0.05, 0) is 49.2 Å². The molecule has 0 unspecified atom stereocenters. The number of anilines is 2. The third-order valence-electron chi connectivity index (χ3n) is 7.45. The molecule has 5 N–H and O–H groups in total. The molecule has 1 aliphatic carbocycles.